The van der Waals surface area contributed by atoms with E-state index in [1.54, 1.807) is 6.33 Å². The number of nitrogens with one attached hydrogen (secondary N) is 1. The molecule has 1 aliphatic rings. The summed E-state index contributed by atoms with van der Waals surface area (Å²) in [7, 11) is 0. The lowest BCUT2D eigenvalue weighted by Gasteiger charge is -2.31. The van der Waals surface area contributed by atoms with Gasteiger partial charge in [-0.15, -0.1) is 10.2 Å². The molecule has 0 fully saturated rings. The summed E-state index contributed by atoms with van der Waals surface area (Å²) in [6.07, 6.45) is 2.92. The summed E-state index contributed by atoms with van der Waals surface area (Å²) in [5.41, 5.74) is 2.36. The van der Waals surface area contributed by atoms with Gasteiger partial charge in [0.15, 0.2) is 5.82 Å². The quantitative estimate of drug-likeness (QED) is 0.862. The fourth-order valence-corrected chi connectivity index (χ4v) is 2.92. The predicted octanol–water partition coefficient (Wildman–Crippen LogP) is 2.45. The summed E-state index contributed by atoms with van der Waals surface area (Å²) in [5, 5.41) is 12.4. The van der Waals surface area contributed by atoms with Gasteiger partial charge >= 0.3 is 0 Å². The van der Waals surface area contributed by atoms with Gasteiger partial charge in [-0.05, 0) is 25.1 Å². The maximum Gasteiger partial charge on any atom is 0.152 e. The third-order valence-electron chi connectivity index (χ3n) is 3.80. The molecule has 6 heteroatoms. The second kappa shape index (κ2) is 6.45. The van der Waals surface area contributed by atoms with Gasteiger partial charge in [0.2, 0.25) is 0 Å². The molecule has 1 N–H and O–H groups in total. The Morgan fingerprint density at radius 2 is 2.24 bits per heavy atom. The predicted molar refractivity (Wildman–Crippen MR) is 84.5 cm³/mol. The highest BCUT2D eigenvalue weighted by Crippen LogP contribution is 2.29. The molecule has 112 valence electrons. The molecule has 0 bridgehead atoms. The molecule has 3 rings (SSSR count). The number of hydrogen-bond donors (Lipinski definition) is 1. The van der Waals surface area contributed by atoms with Crippen LogP contribution in [-0.2, 0) is 19.6 Å². The number of fused-ring (bicyclic) bond motifs is 1. The minimum atomic E-state index is 0.779. The van der Waals surface area contributed by atoms with Crippen LogP contribution in [0.15, 0.2) is 24.5 Å². The molecule has 0 radical (unpaired) electrons. The van der Waals surface area contributed by atoms with Crippen molar-refractivity contribution < 1.29 is 0 Å². The first kappa shape index (κ1) is 14.4. The van der Waals surface area contributed by atoms with Crippen LogP contribution in [-0.4, -0.2) is 27.9 Å². The summed E-state index contributed by atoms with van der Waals surface area (Å²) in [4.78, 5) is 2.33. The van der Waals surface area contributed by atoms with E-state index in [4.69, 9.17) is 11.6 Å². The van der Waals surface area contributed by atoms with Crippen molar-refractivity contribution in [2.24, 2.45) is 0 Å². The minimum absolute atomic E-state index is 0.779. The van der Waals surface area contributed by atoms with Gasteiger partial charge in [0, 0.05) is 35.9 Å². The van der Waals surface area contributed by atoms with E-state index in [2.05, 4.69) is 38.0 Å². The zero-order chi connectivity index (χ0) is 14.7. The van der Waals surface area contributed by atoms with Crippen molar-refractivity contribution >= 4 is 17.3 Å². The van der Waals surface area contributed by atoms with Crippen LogP contribution < -0.4 is 10.2 Å². The molecule has 0 unspecified atom stereocenters. The van der Waals surface area contributed by atoms with Crippen molar-refractivity contribution in [3.8, 4) is 0 Å². The molecule has 0 saturated heterocycles. The number of nitrogens with zero attached hydrogens (tertiary/aromatic N) is 4. The standard InChI is InChI=1S/C15H20ClN5/c1-2-6-17-9-12-13(16)4-3-5-14(12)20-7-8-21-11-18-19-15(21)10-20/h3-5,11,17H,2,6-10H2,1H3. The molecule has 2 aromatic rings. The first-order valence-electron chi connectivity index (χ1n) is 7.39. The molecular formula is C15H20ClN5. The average molecular weight is 306 g/mol. The van der Waals surface area contributed by atoms with E-state index in [-0.39, 0.29) is 0 Å². The Bertz CT molecular complexity index is 610. The van der Waals surface area contributed by atoms with Crippen LogP contribution in [0.25, 0.3) is 0 Å². The number of rotatable bonds is 5. The Kier molecular flexibility index (Phi) is 4.41. The summed E-state index contributed by atoms with van der Waals surface area (Å²) in [5.74, 6) is 1.01. The molecule has 0 spiro atoms. The number of aromatic nitrogens is 3. The van der Waals surface area contributed by atoms with Crippen LogP contribution >= 0.6 is 11.6 Å². The SMILES string of the molecule is CCCNCc1c(Cl)cccc1N1CCn2cnnc2C1. The molecule has 0 saturated carbocycles. The number of hydrogen-bond acceptors (Lipinski definition) is 4. The number of halogens is 1. The number of benzene rings is 1. The van der Waals surface area contributed by atoms with Crippen LogP contribution in [0, 0.1) is 0 Å². The fraction of sp³-hybridized carbons (Fsp3) is 0.467. The van der Waals surface area contributed by atoms with Gasteiger partial charge in [-0.2, -0.15) is 0 Å². The molecule has 0 atom stereocenters. The fourth-order valence-electron chi connectivity index (χ4n) is 2.68. The van der Waals surface area contributed by atoms with Crippen molar-refractivity contribution in [3.63, 3.8) is 0 Å². The highest BCUT2D eigenvalue weighted by molar-refractivity contribution is 6.31. The van der Waals surface area contributed by atoms with E-state index < -0.39 is 0 Å². The van der Waals surface area contributed by atoms with Crippen LogP contribution in [0.5, 0.6) is 0 Å². The van der Waals surface area contributed by atoms with E-state index in [0.29, 0.717) is 0 Å². The normalized spacial score (nSPS) is 14.3. The molecule has 0 aliphatic carbocycles. The van der Waals surface area contributed by atoms with Gasteiger partial charge in [-0.25, -0.2) is 0 Å². The molecule has 1 aliphatic heterocycles. The summed E-state index contributed by atoms with van der Waals surface area (Å²) >= 11 is 6.41. The first-order valence-corrected chi connectivity index (χ1v) is 7.77. The zero-order valence-corrected chi connectivity index (χ0v) is 13.0. The maximum atomic E-state index is 6.41. The van der Waals surface area contributed by atoms with E-state index in [1.807, 2.05) is 12.1 Å². The highest BCUT2D eigenvalue weighted by Gasteiger charge is 2.20. The summed E-state index contributed by atoms with van der Waals surface area (Å²) < 4.78 is 2.11. The Labute approximate surface area is 129 Å². The molecule has 2 heterocycles. The molecule has 21 heavy (non-hydrogen) atoms. The van der Waals surface area contributed by atoms with Gasteiger partial charge in [0.05, 0.1) is 6.54 Å². The van der Waals surface area contributed by atoms with Crippen LogP contribution in [0.1, 0.15) is 24.7 Å². The van der Waals surface area contributed by atoms with Gasteiger partial charge in [0.25, 0.3) is 0 Å². The van der Waals surface area contributed by atoms with E-state index in [1.165, 1.54) is 11.3 Å². The monoisotopic (exact) mass is 305 g/mol. The summed E-state index contributed by atoms with van der Waals surface area (Å²) in [6, 6.07) is 6.11. The van der Waals surface area contributed by atoms with Gasteiger partial charge in [-0.3, -0.25) is 0 Å². The van der Waals surface area contributed by atoms with Crippen LogP contribution in [0.4, 0.5) is 5.69 Å². The minimum Gasteiger partial charge on any atom is -0.362 e. The van der Waals surface area contributed by atoms with Crippen molar-refractivity contribution in [1.29, 1.82) is 0 Å². The molecule has 1 aromatic carbocycles. The third-order valence-corrected chi connectivity index (χ3v) is 4.16. The summed E-state index contributed by atoms with van der Waals surface area (Å²) in [6.45, 7) is 6.60. The van der Waals surface area contributed by atoms with E-state index in [0.717, 1.165) is 50.0 Å². The van der Waals surface area contributed by atoms with Gasteiger partial charge in [0.1, 0.15) is 6.33 Å². The van der Waals surface area contributed by atoms with Crippen molar-refractivity contribution in [3.05, 3.63) is 40.9 Å². The van der Waals surface area contributed by atoms with Crippen molar-refractivity contribution in [2.45, 2.75) is 33.0 Å². The second-order valence-electron chi connectivity index (χ2n) is 5.28. The zero-order valence-electron chi connectivity index (χ0n) is 12.2. The Morgan fingerprint density at radius 1 is 1.33 bits per heavy atom. The average Bonchev–Trinajstić information content (AvgIpc) is 2.96. The number of anilines is 1. The van der Waals surface area contributed by atoms with Crippen LogP contribution in [0.2, 0.25) is 5.02 Å². The van der Waals surface area contributed by atoms with Crippen molar-refractivity contribution in [2.75, 3.05) is 18.0 Å². The lowest BCUT2D eigenvalue weighted by molar-refractivity contribution is 0.557. The second-order valence-corrected chi connectivity index (χ2v) is 5.68. The lowest BCUT2D eigenvalue weighted by atomic mass is 10.1. The molecule has 1 aromatic heterocycles. The largest absolute Gasteiger partial charge is 0.362 e. The Morgan fingerprint density at radius 3 is 3.10 bits per heavy atom. The van der Waals surface area contributed by atoms with Crippen molar-refractivity contribution in [1.82, 2.24) is 20.1 Å². The van der Waals surface area contributed by atoms with E-state index >= 15 is 0 Å². The third kappa shape index (κ3) is 3.04. The smallest absolute Gasteiger partial charge is 0.152 e. The Hall–Kier alpha value is -1.59. The van der Waals surface area contributed by atoms with Gasteiger partial charge in [-0.1, -0.05) is 24.6 Å². The molecular weight excluding hydrogens is 286 g/mol. The van der Waals surface area contributed by atoms with Gasteiger partial charge < -0.3 is 14.8 Å². The first-order chi connectivity index (χ1) is 10.3. The Balaban J connectivity index is 1.83. The topological polar surface area (TPSA) is 46.0 Å². The highest BCUT2D eigenvalue weighted by atomic mass is 35.5. The van der Waals surface area contributed by atoms with E-state index in [9.17, 15) is 0 Å². The molecule has 5 nitrogen and oxygen atoms in total. The maximum absolute atomic E-state index is 6.41. The molecule has 0 amide bonds. The lowest BCUT2D eigenvalue weighted by Crippen LogP contribution is -2.34. The van der Waals surface area contributed by atoms with Crippen LogP contribution in [0.3, 0.4) is 0 Å².